The van der Waals surface area contributed by atoms with E-state index >= 15 is 0 Å². The number of hydrogen-bond acceptors (Lipinski definition) is 6. The zero-order chi connectivity index (χ0) is 24.6. The zero-order valence-corrected chi connectivity index (χ0v) is 21.3. The van der Waals surface area contributed by atoms with Gasteiger partial charge in [0.1, 0.15) is 0 Å². The number of aromatic nitrogens is 3. The molecule has 4 rings (SSSR count). The first kappa shape index (κ1) is 25.3. The fourth-order valence-corrected chi connectivity index (χ4v) is 5.18. The number of ether oxygens (including phenoxy) is 1. The summed E-state index contributed by atoms with van der Waals surface area (Å²) in [6.07, 6.45) is 2.76. The molecule has 1 saturated heterocycles. The monoisotopic (exact) mass is 512 g/mol. The molecule has 0 aliphatic carbocycles. The van der Waals surface area contributed by atoms with Crippen molar-refractivity contribution in [3.8, 4) is 17.1 Å². The van der Waals surface area contributed by atoms with Gasteiger partial charge in [-0.25, -0.2) is 0 Å². The molecule has 35 heavy (non-hydrogen) atoms. The van der Waals surface area contributed by atoms with Crippen LogP contribution in [0.25, 0.3) is 17.1 Å². The highest BCUT2D eigenvalue weighted by atomic mass is 35.5. The first-order valence-electron chi connectivity index (χ1n) is 11.9. The van der Waals surface area contributed by atoms with E-state index < -0.39 is 0 Å². The van der Waals surface area contributed by atoms with Crippen LogP contribution in [0.5, 0.6) is 0 Å². The van der Waals surface area contributed by atoms with Crippen LogP contribution in [0.4, 0.5) is 0 Å². The van der Waals surface area contributed by atoms with Crippen LogP contribution in [0.15, 0.2) is 59.8 Å². The lowest BCUT2D eigenvalue weighted by Gasteiger charge is -2.31. The number of rotatable bonds is 9. The molecule has 0 radical (unpaired) electrons. The van der Waals surface area contributed by atoms with Crippen LogP contribution in [0.1, 0.15) is 32.6 Å². The van der Waals surface area contributed by atoms with Crippen molar-refractivity contribution in [3.63, 3.8) is 0 Å². The van der Waals surface area contributed by atoms with Crippen LogP contribution in [-0.4, -0.2) is 57.0 Å². The number of halogens is 1. The molecular formula is C26H29ClN4O3S. The molecule has 9 heteroatoms. The summed E-state index contributed by atoms with van der Waals surface area (Å²) >= 11 is 7.64. The number of para-hydroxylation sites is 1. The van der Waals surface area contributed by atoms with Gasteiger partial charge >= 0.3 is 5.97 Å². The number of esters is 1. The van der Waals surface area contributed by atoms with E-state index in [1.807, 2.05) is 59.2 Å². The number of hydrogen-bond donors (Lipinski definition) is 0. The summed E-state index contributed by atoms with van der Waals surface area (Å²) < 4.78 is 7.17. The molecule has 0 spiro atoms. The first-order valence-corrected chi connectivity index (χ1v) is 13.3. The summed E-state index contributed by atoms with van der Waals surface area (Å²) in [5.74, 6) is 1.15. The second-order valence-corrected chi connectivity index (χ2v) is 9.87. The quantitative estimate of drug-likeness (QED) is 0.221. The second kappa shape index (κ2) is 12.2. The standard InChI is InChI=1S/C26H29ClN4O3S/c1-2-34-25(33)20-8-6-16-30(18-20)23(32)11-7-17-35-26-29-28-24(19-12-14-21(27)15-13-19)31(26)22-9-4-3-5-10-22/h3-5,9-10,12-15,20H,2,6-8,11,16-18H2,1H3. The first-order chi connectivity index (χ1) is 17.1. The van der Waals surface area contributed by atoms with Gasteiger partial charge in [-0.15, -0.1) is 10.2 Å². The predicted molar refractivity (Wildman–Crippen MR) is 138 cm³/mol. The van der Waals surface area contributed by atoms with Crippen molar-refractivity contribution in [2.45, 2.75) is 37.8 Å². The summed E-state index contributed by atoms with van der Waals surface area (Å²) in [6, 6.07) is 17.5. The Hall–Kier alpha value is -2.84. The normalized spacial score (nSPS) is 15.7. The van der Waals surface area contributed by atoms with Gasteiger partial charge in [-0.1, -0.05) is 41.6 Å². The number of thioether (sulfide) groups is 1. The molecule has 1 unspecified atom stereocenters. The highest BCUT2D eigenvalue weighted by Crippen LogP contribution is 2.29. The Bertz CT molecular complexity index is 1140. The van der Waals surface area contributed by atoms with E-state index in [0.717, 1.165) is 40.8 Å². The van der Waals surface area contributed by atoms with Crippen LogP contribution in [-0.2, 0) is 14.3 Å². The Morgan fingerprint density at radius 3 is 2.63 bits per heavy atom. The maximum absolute atomic E-state index is 12.8. The maximum atomic E-state index is 12.8. The minimum atomic E-state index is -0.210. The van der Waals surface area contributed by atoms with Crippen LogP contribution < -0.4 is 0 Å². The van der Waals surface area contributed by atoms with E-state index in [4.69, 9.17) is 16.3 Å². The summed E-state index contributed by atoms with van der Waals surface area (Å²) in [6.45, 7) is 3.33. The van der Waals surface area contributed by atoms with E-state index in [-0.39, 0.29) is 17.8 Å². The summed E-state index contributed by atoms with van der Waals surface area (Å²) in [5.41, 5.74) is 1.90. The summed E-state index contributed by atoms with van der Waals surface area (Å²) in [5, 5.41) is 10.3. The van der Waals surface area contributed by atoms with Crippen LogP contribution in [0.2, 0.25) is 5.02 Å². The van der Waals surface area contributed by atoms with Gasteiger partial charge in [-0.2, -0.15) is 0 Å². The zero-order valence-electron chi connectivity index (χ0n) is 19.7. The van der Waals surface area contributed by atoms with Gasteiger partial charge in [0.25, 0.3) is 0 Å². The molecule has 1 fully saturated rings. The largest absolute Gasteiger partial charge is 0.466 e. The third kappa shape index (κ3) is 6.44. The van der Waals surface area contributed by atoms with Gasteiger partial charge in [0, 0.05) is 41.5 Å². The van der Waals surface area contributed by atoms with Gasteiger partial charge < -0.3 is 9.64 Å². The van der Waals surface area contributed by atoms with E-state index in [0.29, 0.717) is 37.6 Å². The van der Waals surface area contributed by atoms with Crippen molar-refractivity contribution in [1.82, 2.24) is 19.7 Å². The minimum absolute atomic E-state index is 0.0889. The third-order valence-electron chi connectivity index (χ3n) is 5.91. The van der Waals surface area contributed by atoms with E-state index in [2.05, 4.69) is 10.2 Å². The third-order valence-corrected chi connectivity index (χ3v) is 7.18. The molecular weight excluding hydrogens is 484 g/mol. The molecule has 0 N–H and O–H groups in total. The molecule has 184 valence electrons. The number of benzene rings is 2. The average Bonchev–Trinajstić information content (AvgIpc) is 3.31. The molecule has 2 heterocycles. The highest BCUT2D eigenvalue weighted by Gasteiger charge is 2.29. The Morgan fingerprint density at radius 1 is 1.11 bits per heavy atom. The molecule has 3 aromatic rings. The molecule has 1 aromatic heterocycles. The van der Waals surface area contributed by atoms with Crippen LogP contribution in [0.3, 0.4) is 0 Å². The van der Waals surface area contributed by atoms with Crippen molar-refractivity contribution < 1.29 is 14.3 Å². The van der Waals surface area contributed by atoms with E-state index in [1.54, 1.807) is 23.6 Å². The van der Waals surface area contributed by atoms with Gasteiger partial charge in [0.05, 0.1) is 12.5 Å². The maximum Gasteiger partial charge on any atom is 0.310 e. The highest BCUT2D eigenvalue weighted by molar-refractivity contribution is 7.99. The molecule has 1 aliphatic heterocycles. The molecule has 1 amide bonds. The number of nitrogens with zero attached hydrogens (tertiary/aromatic N) is 4. The van der Waals surface area contributed by atoms with Crippen LogP contribution in [0, 0.1) is 5.92 Å². The Balaban J connectivity index is 1.38. The number of carbonyl (C=O) groups excluding carboxylic acids is 2. The number of carbonyl (C=O) groups is 2. The number of piperidine rings is 1. The number of amides is 1. The molecule has 0 saturated carbocycles. The number of likely N-dealkylation sites (tertiary alicyclic amines) is 1. The average molecular weight is 513 g/mol. The Morgan fingerprint density at radius 2 is 1.89 bits per heavy atom. The molecule has 0 bridgehead atoms. The van der Waals surface area contributed by atoms with Crippen molar-refractivity contribution in [1.29, 1.82) is 0 Å². The molecule has 2 aromatic carbocycles. The van der Waals surface area contributed by atoms with Crippen molar-refractivity contribution in [2.24, 2.45) is 5.92 Å². The lowest BCUT2D eigenvalue weighted by atomic mass is 9.98. The minimum Gasteiger partial charge on any atom is -0.466 e. The van der Waals surface area contributed by atoms with Crippen LogP contribution >= 0.6 is 23.4 Å². The smallest absolute Gasteiger partial charge is 0.310 e. The SMILES string of the molecule is CCOC(=O)C1CCCN(C(=O)CCCSc2nnc(-c3ccc(Cl)cc3)n2-c2ccccc2)C1. The molecule has 1 atom stereocenters. The second-order valence-electron chi connectivity index (χ2n) is 8.37. The topological polar surface area (TPSA) is 77.3 Å². The lowest BCUT2D eigenvalue weighted by molar-refractivity contribution is -0.151. The van der Waals surface area contributed by atoms with E-state index in [9.17, 15) is 9.59 Å². The van der Waals surface area contributed by atoms with Gasteiger partial charge in [-0.3, -0.25) is 14.2 Å². The van der Waals surface area contributed by atoms with Gasteiger partial charge in [0.15, 0.2) is 11.0 Å². The van der Waals surface area contributed by atoms with Crippen molar-refractivity contribution >= 4 is 35.2 Å². The Kier molecular flexibility index (Phi) is 8.82. The summed E-state index contributed by atoms with van der Waals surface area (Å²) in [7, 11) is 0. The van der Waals surface area contributed by atoms with Crippen molar-refractivity contribution in [3.05, 3.63) is 59.6 Å². The van der Waals surface area contributed by atoms with Crippen molar-refractivity contribution in [2.75, 3.05) is 25.4 Å². The molecule has 7 nitrogen and oxygen atoms in total. The predicted octanol–water partition coefficient (Wildman–Crippen LogP) is 5.26. The molecule has 1 aliphatic rings. The fourth-order valence-electron chi connectivity index (χ4n) is 4.16. The summed E-state index contributed by atoms with van der Waals surface area (Å²) in [4.78, 5) is 26.6. The van der Waals surface area contributed by atoms with Gasteiger partial charge in [-0.05, 0) is 62.6 Å². The fraction of sp³-hybridized carbons (Fsp3) is 0.385. The Labute approximate surface area is 214 Å². The van der Waals surface area contributed by atoms with E-state index in [1.165, 1.54) is 0 Å². The van der Waals surface area contributed by atoms with Gasteiger partial charge in [0.2, 0.25) is 5.91 Å². The lowest BCUT2D eigenvalue weighted by Crippen LogP contribution is -2.42.